The first-order valence-electron chi connectivity index (χ1n) is 8.08. The molecule has 1 saturated heterocycles. The molecule has 0 atom stereocenters. The zero-order valence-electron chi connectivity index (χ0n) is 14.0. The topological polar surface area (TPSA) is 40.6 Å². The highest BCUT2D eigenvalue weighted by Crippen LogP contribution is 2.30. The highest BCUT2D eigenvalue weighted by atomic mass is 32.1. The normalized spacial score (nSPS) is 15.2. The maximum absolute atomic E-state index is 12.8. The van der Waals surface area contributed by atoms with Gasteiger partial charge in [0.25, 0.3) is 11.8 Å². The van der Waals surface area contributed by atoms with Gasteiger partial charge in [-0.1, -0.05) is 6.07 Å². The van der Waals surface area contributed by atoms with E-state index in [1.165, 1.54) is 28.4 Å². The van der Waals surface area contributed by atoms with Crippen LogP contribution in [0.2, 0.25) is 0 Å². The molecule has 0 bridgehead atoms. The van der Waals surface area contributed by atoms with E-state index in [2.05, 4.69) is 0 Å². The van der Waals surface area contributed by atoms with Crippen LogP contribution in [0.25, 0.3) is 0 Å². The Morgan fingerprint density at radius 1 is 0.962 bits per heavy atom. The second kappa shape index (κ2) is 7.11. The Hall–Kier alpha value is -2.35. The first-order chi connectivity index (χ1) is 12.3. The molecule has 0 radical (unpaired) electrons. The maximum atomic E-state index is 12.8. The lowest BCUT2D eigenvalue weighted by Gasteiger charge is -2.34. The number of thiophene rings is 1. The van der Waals surface area contributed by atoms with Gasteiger partial charge in [-0.15, -0.1) is 11.3 Å². The number of hydrogen-bond acceptors (Lipinski definition) is 3. The van der Waals surface area contributed by atoms with Gasteiger partial charge in [-0.3, -0.25) is 9.59 Å². The lowest BCUT2D eigenvalue weighted by molar-refractivity contribution is -0.137. The fourth-order valence-corrected chi connectivity index (χ4v) is 3.66. The van der Waals surface area contributed by atoms with Gasteiger partial charge in [-0.05, 0) is 37.3 Å². The third-order valence-corrected chi connectivity index (χ3v) is 5.23. The Bertz CT molecular complexity index is 824. The second-order valence-electron chi connectivity index (χ2n) is 6.07. The summed E-state index contributed by atoms with van der Waals surface area (Å²) in [5, 5.41) is 0. The van der Waals surface area contributed by atoms with E-state index >= 15 is 0 Å². The minimum atomic E-state index is -4.49. The Labute approximate surface area is 152 Å². The van der Waals surface area contributed by atoms with Crippen molar-refractivity contribution in [3.8, 4) is 0 Å². The molecule has 1 aromatic carbocycles. The van der Waals surface area contributed by atoms with E-state index in [9.17, 15) is 22.8 Å². The number of alkyl halides is 3. The van der Waals surface area contributed by atoms with E-state index < -0.39 is 17.6 Å². The molecule has 138 valence electrons. The molecule has 1 aliphatic rings. The zero-order valence-corrected chi connectivity index (χ0v) is 14.9. The smallest absolute Gasteiger partial charge is 0.335 e. The number of carbonyl (C=O) groups excluding carboxylic acids is 2. The summed E-state index contributed by atoms with van der Waals surface area (Å²) in [5.41, 5.74) is -0.835. The molecule has 0 unspecified atom stereocenters. The summed E-state index contributed by atoms with van der Waals surface area (Å²) >= 11 is 1.42. The SMILES string of the molecule is Cc1ccc(C(=O)N2CCN(C(=O)c3cccc(C(F)(F)F)c3)CC2)s1. The Morgan fingerprint density at radius 3 is 2.12 bits per heavy atom. The number of piperazine rings is 1. The Kier molecular flexibility index (Phi) is 5.04. The van der Waals surface area contributed by atoms with Crippen molar-refractivity contribution in [1.29, 1.82) is 0 Å². The summed E-state index contributed by atoms with van der Waals surface area (Å²) in [4.78, 5) is 29.8. The number of nitrogens with zero attached hydrogens (tertiary/aromatic N) is 2. The van der Waals surface area contributed by atoms with Crippen molar-refractivity contribution in [2.75, 3.05) is 26.2 Å². The van der Waals surface area contributed by atoms with Crippen LogP contribution in [0.5, 0.6) is 0 Å². The van der Waals surface area contributed by atoms with Crippen molar-refractivity contribution in [1.82, 2.24) is 9.80 Å². The highest BCUT2D eigenvalue weighted by Gasteiger charge is 2.32. The number of hydrogen-bond donors (Lipinski definition) is 0. The van der Waals surface area contributed by atoms with Gasteiger partial charge in [-0.2, -0.15) is 13.2 Å². The van der Waals surface area contributed by atoms with E-state index in [1.54, 1.807) is 11.0 Å². The molecule has 4 nitrogen and oxygen atoms in total. The van der Waals surface area contributed by atoms with E-state index in [4.69, 9.17) is 0 Å². The van der Waals surface area contributed by atoms with Crippen LogP contribution < -0.4 is 0 Å². The van der Waals surface area contributed by atoms with Gasteiger partial charge in [0.15, 0.2) is 0 Å². The minimum Gasteiger partial charge on any atom is -0.335 e. The summed E-state index contributed by atoms with van der Waals surface area (Å²) in [6.45, 7) is 3.24. The molecule has 2 aromatic rings. The van der Waals surface area contributed by atoms with E-state index in [1.807, 2.05) is 13.0 Å². The maximum Gasteiger partial charge on any atom is 0.416 e. The number of rotatable bonds is 2. The average Bonchev–Trinajstić information content (AvgIpc) is 3.06. The molecule has 0 spiro atoms. The molecule has 0 saturated carbocycles. The molecular weight excluding hydrogens is 365 g/mol. The summed E-state index contributed by atoms with van der Waals surface area (Å²) < 4.78 is 38.4. The molecule has 3 rings (SSSR count). The molecule has 1 aromatic heterocycles. The van der Waals surface area contributed by atoms with Gasteiger partial charge in [0, 0.05) is 36.6 Å². The van der Waals surface area contributed by atoms with Crippen LogP contribution in [0, 0.1) is 6.92 Å². The van der Waals surface area contributed by atoms with E-state index in [0.29, 0.717) is 31.1 Å². The standard InChI is InChI=1S/C18H17F3N2O2S/c1-12-5-6-15(26-12)17(25)23-9-7-22(8-10-23)16(24)13-3-2-4-14(11-13)18(19,20)21/h2-6,11H,7-10H2,1H3. The fourth-order valence-electron chi connectivity index (χ4n) is 2.83. The van der Waals surface area contributed by atoms with Crippen LogP contribution in [0.3, 0.4) is 0 Å². The minimum absolute atomic E-state index is 0.00785. The third-order valence-electron chi connectivity index (χ3n) is 4.24. The van der Waals surface area contributed by atoms with Gasteiger partial charge in [-0.25, -0.2) is 0 Å². The van der Waals surface area contributed by atoms with E-state index in [-0.39, 0.29) is 11.5 Å². The van der Waals surface area contributed by atoms with Gasteiger partial charge in [0.1, 0.15) is 0 Å². The largest absolute Gasteiger partial charge is 0.416 e. The van der Waals surface area contributed by atoms with Crippen LogP contribution in [0.1, 0.15) is 30.5 Å². The molecule has 1 fully saturated rings. The number of carbonyl (C=O) groups is 2. The first-order valence-corrected chi connectivity index (χ1v) is 8.89. The van der Waals surface area contributed by atoms with Crippen LogP contribution >= 0.6 is 11.3 Å². The van der Waals surface area contributed by atoms with Crippen molar-refractivity contribution in [2.24, 2.45) is 0 Å². The summed E-state index contributed by atoms with van der Waals surface area (Å²) in [5.74, 6) is -0.524. The fraction of sp³-hybridized carbons (Fsp3) is 0.333. The molecule has 2 heterocycles. The third kappa shape index (κ3) is 3.90. The van der Waals surface area contributed by atoms with Gasteiger partial charge >= 0.3 is 6.18 Å². The summed E-state index contributed by atoms with van der Waals surface area (Å²) in [6, 6.07) is 8.08. The lowest BCUT2D eigenvalue weighted by Crippen LogP contribution is -2.50. The zero-order chi connectivity index (χ0) is 18.9. The molecule has 0 N–H and O–H groups in total. The molecular formula is C18H17F3N2O2S. The number of benzene rings is 1. The van der Waals surface area contributed by atoms with Crippen LogP contribution in [-0.4, -0.2) is 47.8 Å². The molecule has 1 aliphatic heterocycles. The predicted molar refractivity (Wildman–Crippen MR) is 92.3 cm³/mol. The molecule has 2 amide bonds. The molecule has 26 heavy (non-hydrogen) atoms. The van der Waals surface area contributed by atoms with Crippen molar-refractivity contribution < 1.29 is 22.8 Å². The summed E-state index contributed by atoms with van der Waals surface area (Å²) in [6.07, 6.45) is -4.49. The van der Waals surface area contributed by atoms with Crippen molar-refractivity contribution >= 4 is 23.2 Å². The quantitative estimate of drug-likeness (QED) is 0.795. The van der Waals surface area contributed by atoms with Crippen molar-refractivity contribution in [2.45, 2.75) is 13.1 Å². The van der Waals surface area contributed by atoms with Gasteiger partial charge in [0.2, 0.25) is 0 Å². The Balaban J connectivity index is 1.64. The van der Waals surface area contributed by atoms with Crippen LogP contribution in [0.15, 0.2) is 36.4 Å². The average molecular weight is 382 g/mol. The highest BCUT2D eigenvalue weighted by molar-refractivity contribution is 7.13. The van der Waals surface area contributed by atoms with Crippen LogP contribution in [0.4, 0.5) is 13.2 Å². The van der Waals surface area contributed by atoms with Crippen LogP contribution in [-0.2, 0) is 6.18 Å². The van der Waals surface area contributed by atoms with E-state index in [0.717, 1.165) is 17.0 Å². The molecule has 0 aliphatic carbocycles. The predicted octanol–water partition coefficient (Wildman–Crippen LogP) is 3.67. The van der Waals surface area contributed by atoms with Gasteiger partial charge < -0.3 is 9.80 Å². The summed E-state index contributed by atoms with van der Waals surface area (Å²) in [7, 11) is 0. The number of amides is 2. The lowest BCUT2D eigenvalue weighted by atomic mass is 10.1. The number of halogens is 3. The molecule has 8 heteroatoms. The van der Waals surface area contributed by atoms with Gasteiger partial charge in [0.05, 0.1) is 10.4 Å². The Morgan fingerprint density at radius 2 is 1.58 bits per heavy atom. The monoisotopic (exact) mass is 382 g/mol. The second-order valence-corrected chi connectivity index (χ2v) is 7.36. The van der Waals surface area contributed by atoms with Crippen molar-refractivity contribution in [3.05, 3.63) is 57.3 Å². The van der Waals surface area contributed by atoms with Crippen molar-refractivity contribution in [3.63, 3.8) is 0 Å². The first kappa shape index (κ1) is 18.4. The number of aryl methyl sites for hydroxylation is 1.